The van der Waals surface area contributed by atoms with Crippen molar-refractivity contribution < 1.29 is 14.7 Å². The zero-order valence-corrected chi connectivity index (χ0v) is 13.0. The number of amides is 1. The number of carbonyl (C=O) groups excluding carboxylic acids is 2. The van der Waals surface area contributed by atoms with Gasteiger partial charge in [0.25, 0.3) is 0 Å². The van der Waals surface area contributed by atoms with Gasteiger partial charge in [0.1, 0.15) is 5.78 Å². The van der Waals surface area contributed by atoms with Gasteiger partial charge in [-0.15, -0.1) is 0 Å². The molecule has 0 aliphatic heterocycles. The normalized spacial score (nSPS) is 10.3. The van der Waals surface area contributed by atoms with Gasteiger partial charge in [0.05, 0.1) is 6.42 Å². The molecule has 0 atom stereocenters. The smallest absolute Gasteiger partial charge is 0.228 e. The first kappa shape index (κ1) is 16.9. The standard InChI is InChI=1S/C19H21NO3/c21-12-6-10-17(22)14-16-9-4-5-11-18(16)20-19(23)13-15-7-2-1-3-8-15/h1-5,7-9,11,21H,6,10,12-14H2,(H,20,23). The van der Waals surface area contributed by atoms with Crippen LogP contribution in [-0.2, 0) is 22.4 Å². The van der Waals surface area contributed by atoms with E-state index < -0.39 is 0 Å². The van der Waals surface area contributed by atoms with Gasteiger partial charge in [0.15, 0.2) is 0 Å². The topological polar surface area (TPSA) is 66.4 Å². The first-order chi connectivity index (χ1) is 11.2. The van der Waals surface area contributed by atoms with Crippen molar-refractivity contribution in [3.63, 3.8) is 0 Å². The first-order valence-electron chi connectivity index (χ1n) is 7.73. The summed E-state index contributed by atoms with van der Waals surface area (Å²) in [5.74, 6) is -0.0461. The molecule has 0 heterocycles. The Balaban J connectivity index is 1.99. The zero-order chi connectivity index (χ0) is 16.5. The van der Waals surface area contributed by atoms with Crippen LogP contribution in [0.15, 0.2) is 54.6 Å². The summed E-state index contributed by atoms with van der Waals surface area (Å²) in [6.07, 6.45) is 1.39. The molecule has 0 saturated heterocycles. The van der Waals surface area contributed by atoms with Gasteiger partial charge < -0.3 is 10.4 Å². The summed E-state index contributed by atoms with van der Waals surface area (Å²) in [7, 11) is 0. The molecule has 0 unspecified atom stereocenters. The Morgan fingerprint density at radius 1 is 0.913 bits per heavy atom. The van der Waals surface area contributed by atoms with E-state index in [-0.39, 0.29) is 24.7 Å². The Labute approximate surface area is 136 Å². The molecule has 120 valence electrons. The molecule has 1 amide bonds. The maximum Gasteiger partial charge on any atom is 0.228 e. The molecule has 2 N–H and O–H groups in total. The third-order valence-corrected chi connectivity index (χ3v) is 3.50. The lowest BCUT2D eigenvalue weighted by molar-refractivity contribution is -0.119. The fourth-order valence-corrected chi connectivity index (χ4v) is 2.35. The molecule has 2 rings (SSSR count). The lowest BCUT2D eigenvalue weighted by atomic mass is 10.0. The molecule has 4 heteroatoms. The van der Waals surface area contributed by atoms with Crippen molar-refractivity contribution in [2.45, 2.75) is 25.7 Å². The fourth-order valence-electron chi connectivity index (χ4n) is 2.35. The minimum absolute atomic E-state index is 0.0151. The zero-order valence-electron chi connectivity index (χ0n) is 13.0. The van der Waals surface area contributed by atoms with Crippen LogP contribution in [0.4, 0.5) is 5.69 Å². The van der Waals surface area contributed by atoms with Crippen LogP contribution < -0.4 is 5.32 Å². The molecule has 2 aromatic carbocycles. The van der Waals surface area contributed by atoms with Gasteiger partial charge in [0, 0.05) is 25.1 Å². The molecule has 0 spiro atoms. The highest BCUT2D eigenvalue weighted by molar-refractivity contribution is 5.94. The SMILES string of the molecule is O=C(CCCO)Cc1ccccc1NC(=O)Cc1ccccc1. The average Bonchev–Trinajstić information content (AvgIpc) is 2.55. The summed E-state index contributed by atoms with van der Waals surface area (Å²) < 4.78 is 0. The highest BCUT2D eigenvalue weighted by Crippen LogP contribution is 2.17. The summed E-state index contributed by atoms with van der Waals surface area (Å²) >= 11 is 0. The number of rotatable bonds is 8. The van der Waals surface area contributed by atoms with Crippen LogP contribution in [0, 0.1) is 0 Å². The summed E-state index contributed by atoms with van der Waals surface area (Å²) in [5.41, 5.74) is 2.42. The minimum Gasteiger partial charge on any atom is -0.396 e. The highest BCUT2D eigenvalue weighted by atomic mass is 16.3. The quantitative estimate of drug-likeness (QED) is 0.788. The fraction of sp³-hybridized carbons (Fsp3) is 0.263. The van der Waals surface area contributed by atoms with Crippen LogP contribution in [0.2, 0.25) is 0 Å². The van der Waals surface area contributed by atoms with Crippen molar-refractivity contribution in [1.29, 1.82) is 0 Å². The minimum atomic E-state index is -0.105. The van der Waals surface area contributed by atoms with Crippen LogP contribution in [0.5, 0.6) is 0 Å². The first-order valence-corrected chi connectivity index (χ1v) is 7.73. The van der Waals surface area contributed by atoms with E-state index in [1.165, 1.54) is 0 Å². The second-order valence-electron chi connectivity index (χ2n) is 5.41. The van der Waals surface area contributed by atoms with Crippen LogP contribution >= 0.6 is 0 Å². The van der Waals surface area contributed by atoms with E-state index in [2.05, 4.69) is 5.32 Å². The number of benzene rings is 2. The summed E-state index contributed by atoms with van der Waals surface area (Å²) in [4.78, 5) is 24.0. The maximum atomic E-state index is 12.2. The third-order valence-electron chi connectivity index (χ3n) is 3.50. The molecule has 2 aromatic rings. The number of Topliss-reactive ketones (excluding diaryl/α,β-unsaturated/α-hetero) is 1. The third kappa shape index (κ3) is 5.68. The molecule has 0 aliphatic carbocycles. The Hall–Kier alpha value is -2.46. The number of aliphatic hydroxyl groups excluding tert-OH is 1. The Morgan fingerprint density at radius 3 is 2.35 bits per heavy atom. The van der Waals surface area contributed by atoms with Crippen molar-refractivity contribution in [3.8, 4) is 0 Å². The molecule has 0 aliphatic rings. The van der Waals surface area contributed by atoms with E-state index in [0.717, 1.165) is 11.1 Å². The Bertz CT molecular complexity index is 653. The number of para-hydroxylation sites is 1. The predicted molar refractivity (Wildman–Crippen MR) is 90.2 cm³/mol. The predicted octanol–water partition coefficient (Wildman–Crippen LogP) is 2.75. The van der Waals surface area contributed by atoms with E-state index in [9.17, 15) is 9.59 Å². The Morgan fingerprint density at radius 2 is 1.61 bits per heavy atom. The summed E-state index contributed by atoms with van der Waals surface area (Å²) in [5, 5.41) is 11.7. The maximum absolute atomic E-state index is 12.2. The number of aliphatic hydroxyl groups is 1. The summed E-state index contributed by atoms with van der Waals surface area (Å²) in [6, 6.07) is 16.9. The van der Waals surface area contributed by atoms with E-state index in [4.69, 9.17) is 5.11 Å². The number of hydrogen-bond donors (Lipinski definition) is 2. The molecule has 0 saturated carbocycles. The van der Waals surface area contributed by atoms with E-state index in [1.807, 2.05) is 48.5 Å². The van der Waals surface area contributed by atoms with Gasteiger partial charge in [-0.2, -0.15) is 0 Å². The van der Waals surface area contributed by atoms with Gasteiger partial charge >= 0.3 is 0 Å². The highest BCUT2D eigenvalue weighted by Gasteiger charge is 2.10. The molecule has 0 fully saturated rings. The molecule has 0 radical (unpaired) electrons. The van der Waals surface area contributed by atoms with Gasteiger partial charge in [-0.3, -0.25) is 9.59 Å². The van der Waals surface area contributed by atoms with Crippen LogP contribution in [0.3, 0.4) is 0 Å². The average molecular weight is 311 g/mol. The number of nitrogens with one attached hydrogen (secondary N) is 1. The van der Waals surface area contributed by atoms with E-state index >= 15 is 0 Å². The number of carbonyl (C=O) groups is 2. The molecule has 0 bridgehead atoms. The molecular formula is C19H21NO3. The van der Waals surface area contributed by atoms with Crippen molar-refractivity contribution in [2.24, 2.45) is 0 Å². The van der Waals surface area contributed by atoms with Gasteiger partial charge in [-0.05, 0) is 23.6 Å². The van der Waals surface area contributed by atoms with Crippen molar-refractivity contribution in [3.05, 3.63) is 65.7 Å². The van der Waals surface area contributed by atoms with Crippen molar-refractivity contribution >= 4 is 17.4 Å². The van der Waals surface area contributed by atoms with Crippen molar-refractivity contribution in [2.75, 3.05) is 11.9 Å². The van der Waals surface area contributed by atoms with Crippen molar-refractivity contribution in [1.82, 2.24) is 0 Å². The number of ketones is 1. The van der Waals surface area contributed by atoms with Gasteiger partial charge in [0.2, 0.25) is 5.91 Å². The second-order valence-corrected chi connectivity index (χ2v) is 5.41. The molecule has 4 nitrogen and oxygen atoms in total. The lowest BCUT2D eigenvalue weighted by Crippen LogP contribution is -2.16. The van der Waals surface area contributed by atoms with E-state index in [0.29, 0.717) is 24.9 Å². The van der Waals surface area contributed by atoms with Gasteiger partial charge in [-0.1, -0.05) is 48.5 Å². The van der Waals surface area contributed by atoms with E-state index in [1.54, 1.807) is 6.07 Å². The monoisotopic (exact) mass is 311 g/mol. The number of hydrogen-bond acceptors (Lipinski definition) is 3. The van der Waals surface area contributed by atoms with Crippen LogP contribution in [-0.4, -0.2) is 23.4 Å². The van der Waals surface area contributed by atoms with Crippen LogP contribution in [0.25, 0.3) is 0 Å². The Kier molecular flexibility index (Phi) is 6.51. The largest absolute Gasteiger partial charge is 0.396 e. The number of anilines is 1. The van der Waals surface area contributed by atoms with Crippen LogP contribution in [0.1, 0.15) is 24.0 Å². The lowest BCUT2D eigenvalue weighted by Gasteiger charge is -2.11. The molecule has 0 aromatic heterocycles. The molecule has 23 heavy (non-hydrogen) atoms. The summed E-state index contributed by atoms with van der Waals surface area (Å²) in [6.45, 7) is 0.0151. The molecular weight excluding hydrogens is 290 g/mol. The second kappa shape index (κ2) is 8.86. The van der Waals surface area contributed by atoms with Gasteiger partial charge in [-0.25, -0.2) is 0 Å².